The number of fused-ring (bicyclic) bond motifs is 1. The maximum Gasteiger partial charge on any atom is 0.303 e. The molecule has 2 aromatic heterocycles. The summed E-state index contributed by atoms with van der Waals surface area (Å²) in [7, 11) is 3.88. The first-order chi connectivity index (χ1) is 9.06. The average Bonchev–Trinajstić information content (AvgIpc) is 2.75. The number of nitrogens with zero attached hydrogens (tertiary/aromatic N) is 3. The van der Waals surface area contributed by atoms with Crippen LogP contribution in [-0.2, 0) is 11.2 Å². The Bertz CT molecular complexity index is 577. The van der Waals surface area contributed by atoms with E-state index < -0.39 is 5.97 Å². The van der Waals surface area contributed by atoms with Gasteiger partial charge in [-0.3, -0.25) is 4.79 Å². The molecule has 0 aliphatic carbocycles. The van der Waals surface area contributed by atoms with Gasteiger partial charge in [-0.25, -0.2) is 9.97 Å². The minimum absolute atomic E-state index is 0.212. The van der Waals surface area contributed by atoms with E-state index in [1.165, 1.54) is 0 Å². The molecule has 0 fully saturated rings. The van der Waals surface area contributed by atoms with Gasteiger partial charge < -0.3 is 15.0 Å². The maximum atomic E-state index is 10.4. The molecule has 6 heteroatoms. The van der Waals surface area contributed by atoms with E-state index in [-0.39, 0.29) is 6.42 Å². The first kappa shape index (κ1) is 13.3. The van der Waals surface area contributed by atoms with Crippen molar-refractivity contribution < 1.29 is 9.90 Å². The Kier molecular flexibility index (Phi) is 3.99. The van der Waals surface area contributed by atoms with Crippen LogP contribution in [0, 0.1) is 0 Å². The monoisotopic (exact) mass is 262 g/mol. The number of hydrogen-bond donors (Lipinski definition) is 2. The second kappa shape index (κ2) is 5.69. The van der Waals surface area contributed by atoms with E-state index in [0.717, 1.165) is 30.0 Å². The lowest BCUT2D eigenvalue weighted by Crippen LogP contribution is -2.10. The van der Waals surface area contributed by atoms with Crippen molar-refractivity contribution in [1.82, 2.24) is 15.0 Å². The summed E-state index contributed by atoms with van der Waals surface area (Å²) >= 11 is 0. The molecule has 0 aromatic carbocycles. The Morgan fingerprint density at radius 1 is 1.32 bits per heavy atom. The number of rotatable bonds is 6. The summed E-state index contributed by atoms with van der Waals surface area (Å²) in [5.41, 5.74) is 1.62. The summed E-state index contributed by atoms with van der Waals surface area (Å²) in [5.74, 6) is 0.988. The predicted octanol–water partition coefficient (Wildman–Crippen LogP) is 1.82. The van der Waals surface area contributed by atoms with E-state index in [2.05, 4.69) is 15.0 Å². The number of aryl methyl sites for hydroxylation is 1. The third kappa shape index (κ3) is 3.43. The zero-order valence-electron chi connectivity index (χ0n) is 11.2. The van der Waals surface area contributed by atoms with Gasteiger partial charge in [-0.2, -0.15) is 0 Å². The standard InChI is InChI=1S/C13H18N4O2/c1-17(2)11-8-7-9-13(16-11)15-10(14-9)5-3-4-6-12(18)19/h7-8H,3-6H2,1-2H3,(H,18,19)(H,14,15,16). The molecule has 0 amide bonds. The number of nitrogens with one attached hydrogen (secondary N) is 1. The number of pyridine rings is 1. The Labute approximate surface area is 111 Å². The number of imidazole rings is 1. The molecule has 0 aliphatic rings. The summed E-state index contributed by atoms with van der Waals surface area (Å²) in [6.45, 7) is 0. The highest BCUT2D eigenvalue weighted by Crippen LogP contribution is 2.15. The highest BCUT2D eigenvalue weighted by Gasteiger charge is 2.06. The van der Waals surface area contributed by atoms with E-state index in [1.54, 1.807) is 0 Å². The van der Waals surface area contributed by atoms with Gasteiger partial charge in [-0.1, -0.05) is 0 Å². The fraction of sp³-hybridized carbons (Fsp3) is 0.462. The fourth-order valence-corrected chi connectivity index (χ4v) is 1.87. The van der Waals surface area contributed by atoms with Crippen molar-refractivity contribution >= 4 is 23.0 Å². The summed E-state index contributed by atoms with van der Waals surface area (Å²) in [5, 5.41) is 8.57. The highest BCUT2D eigenvalue weighted by atomic mass is 16.4. The Hall–Kier alpha value is -2.11. The smallest absolute Gasteiger partial charge is 0.303 e. The van der Waals surface area contributed by atoms with E-state index in [9.17, 15) is 4.79 Å². The molecule has 19 heavy (non-hydrogen) atoms. The van der Waals surface area contributed by atoms with Crippen molar-refractivity contribution in [1.29, 1.82) is 0 Å². The molecule has 0 unspecified atom stereocenters. The minimum atomic E-state index is -0.748. The normalized spacial score (nSPS) is 10.8. The number of carbonyl (C=O) groups is 1. The largest absolute Gasteiger partial charge is 0.481 e. The Balaban J connectivity index is 2.02. The quantitative estimate of drug-likeness (QED) is 0.776. The number of aromatic amines is 1. The number of anilines is 1. The van der Waals surface area contributed by atoms with Crippen molar-refractivity contribution in [2.24, 2.45) is 0 Å². The van der Waals surface area contributed by atoms with Crippen LogP contribution in [0.2, 0.25) is 0 Å². The Morgan fingerprint density at radius 2 is 2.11 bits per heavy atom. The topological polar surface area (TPSA) is 82.1 Å². The van der Waals surface area contributed by atoms with Crippen LogP contribution in [0.4, 0.5) is 5.82 Å². The second-order valence-electron chi connectivity index (χ2n) is 4.72. The molecule has 2 rings (SSSR count). The highest BCUT2D eigenvalue weighted by molar-refractivity contribution is 5.73. The molecular weight excluding hydrogens is 244 g/mol. The third-order valence-electron chi connectivity index (χ3n) is 2.89. The number of aliphatic carboxylic acids is 1. The number of unbranched alkanes of at least 4 members (excludes halogenated alkanes) is 1. The van der Waals surface area contributed by atoms with Gasteiger partial charge in [0.2, 0.25) is 0 Å². The second-order valence-corrected chi connectivity index (χ2v) is 4.72. The SMILES string of the molecule is CN(C)c1ccc2[nH]c(CCCCC(=O)O)nc2n1. The minimum Gasteiger partial charge on any atom is -0.481 e. The summed E-state index contributed by atoms with van der Waals surface area (Å²) in [6.07, 6.45) is 2.44. The van der Waals surface area contributed by atoms with Crippen LogP contribution in [0.5, 0.6) is 0 Å². The molecule has 2 aromatic rings. The molecule has 102 valence electrons. The summed E-state index contributed by atoms with van der Waals surface area (Å²) in [6, 6.07) is 3.90. The lowest BCUT2D eigenvalue weighted by Gasteiger charge is -2.09. The molecule has 6 nitrogen and oxygen atoms in total. The Morgan fingerprint density at radius 3 is 2.79 bits per heavy atom. The fourth-order valence-electron chi connectivity index (χ4n) is 1.87. The number of carboxylic acid groups (broad SMARTS) is 1. The van der Waals surface area contributed by atoms with Crippen molar-refractivity contribution in [2.75, 3.05) is 19.0 Å². The van der Waals surface area contributed by atoms with Crippen LogP contribution in [0.3, 0.4) is 0 Å². The molecule has 0 saturated heterocycles. The third-order valence-corrected chi connectivity index (χ3v) is 2.89. The molecule has 0 spiro atoms. The molecule has 0 saturated carbocycles. The van der Waals surface area contributed by atoms with Crippen LogP contribution in [0.25, 0.3) is 11.2 Å². The maximum absolute atomic E-state index is 10.4. The van der Waals surface area contributed by atoms with E-state index in [0.29, 0.717) is 12.1 Å². The predicted molar refractivity (Wildman–Crippen MR) is 73.4 cm³/mol. The van der Waals surface area contributed by atoms with Gasteiger partial charge in [0, 0.05) is 26.9 Å². The van der Waals surface area contributed by atoms with Crippen molar-refractivity contribution in [3.63, 3.8) is 0 Å². The molecule has 0 aliphatic heterocycles. The van der Waals surface area contributed by atoms with Crippen LogP contribution < -0.4 is 4.90 Å². The number of aromatic nitrogens is 3. The zero-order chi connectivity index (χ0) is 13.8. The average molecular weight is 262 g/mol. The summed E-state index contributed by atoms with van der Waals surface area (Å²) in [4.78, 5) is 24.4. The van der Waals surface area contributed by atoms with Gasteiger partial charge in [0.15, 0.2) is 5.65 Å². The molecular formula is C13H18N4O2. The lowest BCUT2D eigenvalue weighted by atomic mass is 10.2. The van der Waals surface area contributed by atoms with Crippen LogP contribution in [0.1, 0.15) is 25.1 Å². The van der Waals surface area contributed by atoms with Crippen molar-refractivity contribution in [3.05, 3.63) is 18.0 Å². The van der Waals surface area contributed by atoms with Crippen molar-refractivity contribution in [2.45, 2.75) is 25.7 Å². The molecule has 0 atom stereocenters. The van der Waals surface area contributed by atoms with Gasteiger partial charge >= 0.3 is 5.97 Å². The van der Waals surface area contributed by atoms with Gasteiger partial charge in [0.1, 0.15) is 11.6 Å². The molecule has 0 radical (unpaired) electrons. The molecule has 2 heterocycles. The number of carboxylic acids is 1. The van der Waals surface area contributed by atoms with Crippen LogP contribution in [0.15, 0.2) is 12.1 Å². The first-order valence-electron chi connectivity index (χ1n) is 6.31. The molecule has 0 bridgehead atoms. The van der Waals surface area contributed by atoms with Gasteiger partial charge in [0.25, 0.3) is 0 Å². The van der Waals surface area contributed by atoms with Crippen molar-refractivity contribution in [3.8, 4) is 0 Å². The first-order valence-corrected chi connectivity index (χ1v) is 6.31. The van der Waals surface area contributed by atoms with Gasteiger partial charge in [-0.05, 0) is 25.0 Å². The van der Waals surface area contributed by atoms with E-state index in [4.69, 9.17) is 5.11 Å². The van der Waals surface area contributed by atoms with E-state index in [1.807, 2.05) is 31.1 Å². The zero-order valence-corrected chi connectivity index (χ0v) is 11.2. The van der Waals surface area contributed by atoms with Gasteiger partial charge in [0.05, 0.1) is 5.52 Å². The van der Waals surface area contributed by atoms with Crippen LogP contribution in [-0.4, -0.2) is 40.1 Å². The number of H-pyrrole nitrogens is 1. The summed E-state index contributed by atoms with van der Waals surface area (Å²) < 4.78 is 0. The van der Waals surface area contributed by atoms with Crippen LogP contribution >= 0.6 is 0 Å². The lowest BCUT2D eigenvalue weighted by molar-refractivity contribution is -0.137. The van der Waals surface area contributed by atoms with E-state index >= 15 is 0 Å². The number of hydrogen-bond acceptors (Lipinski definition) is 4. The molecule has 2 N–H and O–H groups in total. The van der Waals surface area contributed by atoms with Gasteiger partial charge in [-0.15, -0.1) is 0 Å².